The normalized spacial score (nSPS) is 29.4. The highest BCUT2D eigenvalue weighted by atomic mass is 32.2. The Balaban J connectivity index is 1.07. The van der Waals surface area contributed by atoms with Gasteiger partial charge in [-0.15, -0.1) is 0 Å². The van der Waals surface area contributed by atoms with Gasteiger partial charge in [-0.25, -0.2) is 13.2 Å². The number of nitrogens with one attached hydrogen (secondary N) is 3. The summed E-state index contributed by atoms with van der Waals surface area (Å²) in [7, 11) is -3.91. The molecule has 2 aromatic rings. The van der Waals surface area contributed by atoms with E-state index in [4.69, 9.17) is 4.74 Å². The maximum atomic E-state index is 14.6. The average Bonchev–Trinajstić information content (AvgIpc) is 4.07. The van der Waals surface area contributed by atoms with Crippen molar-refractivity contribution in [3.05, 3.63) is 68.0 Å². The van der Waals surface area contributed by atoms with Crippen LogP contribution >= 0.6 is 0 Å². The van der Waals surface area contributed by atoms with E-state index in [0.29, 0.717) is 64.7 Å². The van der Waals surface area contributed by atoms with Crippen LogP contribution in [0.3, 0.4) is 0 Å². The van der Waals surface area contributed by atoms with Gasteiger partial charge in [0, 0.05) is 38.5 Å². The van der Waals surface area contributed by atoms with E-state index >= 15 is 0 Å². The van der Waals surface area contributed by atoms with Crippen molar-refractivity contribution < 1.29 is 32.3 Å². The van der Waals surface area contributed by atoms with Gasteiger partial charge in [-0.1, -0.05) is 49.3 Å². The van der Waals surface area contributed by atoms with Crippen LogP contribution in [0.2, 0.25) is 0 Å². The maximum absolute atomic E-state index is 14.6. The zero-order valence-electron chi connectivity index (χ0n) is 30.1. The fraction of sp³-hybridized carbons (Fsp3) is 0.579. The van der Waals surface area contributed by atoms with Crippen molar-refractivity contribution in [3.63, 3.8) is 0 Å². The highest BCUT2D eigenvalue weighted by molar-refractivity contribution is 7.91. The van der Waals surface area contributed by atoms with Gasteiger partial charge < -0.3 is 30.1 Å². The van der Waals surface area contributed by atoms with Gasteiger partial charge in [0.1, 0.15) is 35.1 Å². The lowest BCUT2D eigenvalue weighted by Gasteiger charge is -2.36. The molecule has 2 aromatic carbocycles. The zero-order valence-corrected chi connectivity index (χ0v) is 30.9. The van der Waals surface area contributed by atoms with Crippen molar-refractivity contribution in [2.24, 2.45) is 5.92 Å². The minimum atomic E-state index is -3.91. The summed E-state index contributed by atoms with van der Waals surface area (Å²) in [4.78, 5) is 86.3. The predicted octanol–water partition coefficient (Wildman–Crippen LogP) is 1.44. The number of anilines is 2. The molecule has 4 heterocycles. The molecule has 0 bridgehead atoms. The molecule has 4 fully saturated rings. The van der Waals surface area contributed by atoms with Crippen molar-refractivity contribution in [2.45, 2.75) is 106 Å². The van der Waals surface area contributed by atoms with Gasteiger partial charge >= 0.3 is 6.09 Å². The number of sulfonamides is 1. The first-order chi connectivity index (χ1) is 25.9. The number of ether oxygens (including phenoxy) is 1. The maximum Gasteiger partial charge on any atom is 0.410 e. The number of hydrogen-bond acceptors (Lipinski definition) is 11. The molecule has 2 saturated heterocycles. The highest BCUT2D eigenvalue weighted by Crippen LogP contribution is 2.46. The number of carbonyl (C=O) groups is 4. The Morgan fingerprint density at radius 3 is 2.44 bits per heavy atom. The first-order valence-electron chi connectivity index (χ1n) is 19.2. The van der Waals surface area contributed by atoms with Crippen LogP contribution in [0.4, 0.5) is 16.2 Å². The number of fused-ring (bicyclic) bond motifs is 3. The van der Waals surface area contributed by atoms with Crippen LogP contribution in [0.1, 0.15) is 75.3 Å². The molecule has 16 heteroatoms. The highest BCUT2D eigenvalue weighted by Gasteiger charge is 2.62. The summed E-state index contributed by atoms with van der Waals surface area (Å²) >= 11 is 0. The van der Waals surface area contributed by atoms with E-state index in [9.17, 15) is 37.2 Å². The zero-order chi connectivity index (χ0) is 37.8. The molecule has 288 valence electrons. The van der Waals surface area contributed by atoms with E-state index in [1.165, 1.54) is 4.90 Å². The monoisotopic (exact) mass is 762 g/mol. The second kappa shape index (κ2) is 14.2. The molecule has 4 aliphatic heterocycles. The number of hydrogen-bond donors (Lipinski definition) is 3. The van der Waals surface area contributed by atoms with Crippen molar-refractivity contribution >= 4 is 45.2 Å². The van der Waals surface area contributed by atoms with E-state index in [1.807, 2.05) is 41.3 Å². The van der Waals surface area contributed by atoms with E-state index < -0.39 is 79.6 Å². The van der Waals surface area contributed by atoms with Crippen molar-refractivity contribution in [1.82, 2.24) is 19.8 Å². The van der Waals surface area contributed by atoms with Crippen LogP contribution in [-0.2, 0) is 42.1 Å². The van der Waals surface area contributed by atoms with Gasteiger partial charge in [0.15, 0.2) is 0 Å². The van der Waals surface area contributed by atoms with Crippen LogP contribution in [-0.4, -0.2) is 97.2 Å². The minimum Gasteiger partial charge on any atom is -0.444 e. The van der Waals surface area contributed by atoms with E-state index in [-0.39, 0.29) is 30.8 Å². The molecule has 0 unspecified atom stereocenters. The van der Waals surface area contributed by atoms with Gasteiger partial charge in [-0.2, -0.15) is 0 Å². The third-order valence-corrected chi connectivity index (χ3v) is 13.7. The number of benzene rings is 1. The molecular weight excluding hydrogens is 717 g/mol. The Bertz CT molecular complexity index is 2070. The largest absolute Gasteiger partial charge is 0.444 e. The second-order valence-corrected chi connectivity index (χ2v) is 17.6. The summed E-state index contributed by atoms with van der Waals surface area (Å²) in [6, 6.07) is 5.71. The third kappa shape index (κ3) is 6.88. The van der Waals surface area contributed by atoms with Gasteiger partial charge in [-0.05, 0) is 62.5 Å². The standard InChI is InChI=1S/C38H46N6O9S/c45-32-30(31(33(32)46)42-16-8-17-42)39-28-12-5-3-1-2-4-11-25-20-38(25,36(49)41-54(51,52)27-13-14-27)40-34(47)29-19-26(22-44(29)35(28)48)53-37(50)43-18-15-23-9-6-7-10-24(23)21-43/h4,6-7,9-11,25-29,39H,1-3,5,8,12-22H2,(H,40,47)(H,41,49)/b11-4-/t25-,26-,28+,29+,38-/m1/s1. The number of nitrogens with zero attached hydrogens (tertiary/aromatic N) is 3. The summed E-state index contributed by atoms with van der Waals surface area (Å²) < 4.78 is 33.8. The van der Waals surface area contributed by atoms with Gasteiger partial charge in [0.25, 0.3) is 16.8 Å². The van der Waals surface area contributed by atoms with Crippen LogP contribution in [0, 0.1) is 5.92 Å². The first kappa shape index (κ1) is 36.3. The minimum absolute atomic E-state index is 0.0574. The van der Waals surface area contributed by atoms with Crippen molar-refractivity contribution in [2.75, 3.05) is 36.4 Å². The quantitative estimate of drug-likeness (QED) is 0.273. The molecule has 15 nitrogen and oxygen atoms in total. The second-order valence-electron chi connectivity index (χ2n) is 15.6. The summed E-state index contributed by atoms with van der Waals surface area (Å²) in [5, 5.41) is 5.29. The molecule has 4 amide bonds. The fourth-order valence-electron chi connectivity index (χ4n) is 8.25. The SMILES string of the molecule is O=C1N[C@]2(C(=O)NS(=O)(=O)C3CC3)C[C@H]2/C=C\CCCCC[C@H](Nc2c(N3CCC3)c(=O)c2=O)C(=O)N2C[C@H](OC(=O)N3CCc4ccccc4C3)C[C@@H]12. The average molecular weight is 763 g/mol. The molecule has 8 rings (SSSR count). The molecule has 3 N–H and O–H groups in total. The molecule has 0 spiro atoms. The molecule has 54 heavy (non-hydrogen) atoms. The predicted molar refractivity (Wildman–Crippen MR) is 198 cm³/mol. The Morgan fingerprint density at radius 1 is 0.926 bits per heavy atom. The van der Waals surface area contributed by atoms with E-state index in [2.05, 4.69) is 15.4 Å². The van der Waals surface area contributed by atoms with Gasteiger partial charge in [0.2, 0.25) is 21.8 Å². The molecular formula is C38H46N6O9S. The number of rotatable bonds is 7. The first-order valence-corrected chi connectivity index (χ1v) is 20.7. The molecule has 0 aromatic heterocycles. The Labute approximate surface area is 313 Å². The number of amides is 4. The van der Waals surface area contributed by atoms with Gasteiger partial charge in [0.05, 0.1) is 11.8 Å². The lowest BCUT2D eigenvalue weighted by molar-refractivity contribution is -0.140. The topological polar surface area (TPSA) is 192 Å². The van der Waals surface area contributed by atoms with Crippen LogP contribution in [0.5, 0.6) is 0 Å². The Morgan fingerprint density at radius 2 is 1.70 bits per heavy atom. The number of carbonyl (C=O) groups excluding carboxylic acids is 4. The smallest absolute Gasteiger partial charge is 0.410 e. The summed E-state index contributed by atoms with van der Waals surface area (Å²) in [6.45, 7) is 1.95. The molecule has 6 aliphatic rings. The Kier molecular flexibility index (Phi) is 9.51. The number of allylic oxidation sites excluding steroid dienone is 1. The van der Waals surface area contributed by atoms with Crippen LogP contribution < -0.4 is 31.1 Å². The molecule has 5 atom stereocenters. The summed E-state index contributed by atoms with van der Waals surface area (Å²) in [5.74, 6) is -2.44. The lowest BCUT2D eigenvalue weighted by atomic mass is 10.0. The van der Waals surface area contributed by atoms with E-state index in [0.717, 1.165) is 30.4 Å². The molecule has 0 radical (unpaired) electrons. The Hall–Kier alpha value is -4.73. The molecule has 2 saturated carbocycles. The van der Waals surface area contributed by atoms with Crippen LogP contribution in [0.15, 0.2) is 46.0 Å². The van der Waals surface area contributed by atoms with E-state index in [1.54, 1.807) is 4.90 Å². The van der Waals surface area contributed by atoms with Crippen LogP contribution in [0.25, 0.3) is 0 Å². The van der Waals surface area contributed by atoms with Crippen molar-refractivity contribution in [1.29, 1.82) is 0 Å². The lowest BCUT2D eigenvalue weighted by Crippen LogP contribution is -2.58. The summed E-state index contributed by atoms with van der Waals surface area (Å²) in [5.41, 5.74) is -0.270. The van der Waals surface area contributed by atoms with Crippen molar-refractivity contribution in [3.8, 4) is 0 Å². The fourth-order valence-corrected chi connectivity index (χ4v) is 9.61. The summed E-state index contributed by atoms with van der Waals surface area (Å²) in [6.07, 6.45) is 8.05. The third-order valence-electron chi connectivity index (χ3n) is 11.9. The van der Waals surface area contributed by atoms with Gasteiger partial charge in [-0.3, -0.25) is 28.7 Å². The molecule has 2 aliphatic carbocycles.